The molecule has 1 N–H and O–H groups in total. The van der Waals surface area contributed by atoms with Crippen LogP contribution in [0.5, 0.6) is 0 Å². The van der Waals surface area contributed by atoms with Gasteiger partial charge in [-0.15, -0.1) is 5.10 Å². The Kier molecular flexibility index (Phi) is 6.82. The molecule has 2 aromatic heterocycles. The topological polar surface area (TPSA) is 92.2 Å². The number of aromatic amines is 1. The number of hydrogen-bond donors (Lipinski definition) is 1. The number of tetrazole rings is 1. The molecule has 0 radical (unpaired) electrons. The summed E-state index contributed by atoms with van der Waals surface area (Å²) in [5.74, 6) is 0.698. The number of aromatic nitrogens is 5. The van der Waals surface area contributed by atoms with Gasteiger partial charge in [-0.25, -0.2) is 4.68 Å². The molecule has 0 aliphatic carbocycles. The van der Waals surface area contributed by atoms with Gasteiger partial charge in [0.15, 0.2) is 5.82 Å². The summed E-state index contributed by atoms with van der Waals surface area (Å²) in [5, 5.41) is 13.8. The van der Waals surface area contributed by atoms with Crippen LogP contribution in [0.1, 0.15) is 41.4 Å². The summed E-state index contributed by atoms with van der Waals surface area (Å²) < 4.78 is 7.71. The van der Waals surface area contributed by atoms with Crippen molar-refractivity contribution in [1.82, 2.24) is 35.0 Å². The quantitative estimate of drug-likeness (QED) is 0.418. The predicted molar refractivity (Wildman–Crippen MR) is 141 cm³/mol. The summed E-state index contributed by atoms with van der Waals surface area (Å²) in [5.41, 5.74) is 3.86. The smallest absolute Gasteiger partial charge is 0.253 e. The fourth-order valence-electron chi connectivity index (χ4n) is 5.57. The van der Waals surface area contributed by atoms with E-state index in [1.807, 2.05) is 23.7 Å². The number of rotatable bonds is 7. The highest BCUT2D eigenvalue weighted by Gasteiger charge is 2.33. The second-order valence-electron chi connectivity index (χ2n) is 10.2. The lowest BCUT2D eigenvalue weighted by atomic mass is 10.0. The van der Waals surface area contributed by atoms with E-state index in [0.717, 1.165) is 68.6 Å². The maximum Gasteiger partial charge on any atom is 0.253 e. The van der Waals surface area contributed by atoms with Crippen molar-refractivity contribution in [1.29, 1.82) is 0 Å². The molecule has 9 nitrogen and oxygen atoms in total. The molecule has 4 aromatic rings. The van der Waals surface area contributed by atoms with E-state index in [1.165, 1.54) is 5.56 Å². The summed E-state index contributed by atoms with van der Waals surface area (Å²) in [7, 11) is 0. The monoisotopic (exact) mass is 499 g/mol. The lowest BCUT2D eigenvalue weighted by Crippen LogP contribution is -2.48. The van der Waals surface area contributed by atoms with Gasteiger partial charge in [-0.1, -0.05) is 42.5 Å². The van der Waals surface area contributed by atoms with Crippen molar-refractivity contribution in [2.24, 2.45) is 0 Å². The van der Waals surface area contributed by atoms with Crippen LogP contribution in [0.15, 0.2) is 59.4 Å². The van der Waals surface area contributed by atoms with Gasteiger partial charge in [-0.2, -0.15) is 0 Å². The molecular weight excluding hydrogens is 466 g/mol. The minimum Gasteiger partial charge on any atom is -0.376 e. The summed E-state index contributed by atoms with van der Waals surface area (Å²) in [6.07, 6.45) is 2.15. The Bertz CT molecular complexity index is 1400. The van der Waals surface area contributed by atoms with E-state index in [0.29, 0.717) is 17.9 Å². The van der Waals surface area contributed by atoms with Crippen LogP contribution in [-0.2, 0) is 17.8 Å². The van der Waals surface area contributed by atoms with Crippen molar-refractivity contribution >= 4 is 10.9 Å². The summed E-state index contributed by atoms with van der Waals surface area (Å²) in [6.45, 7) is 7.77. The van der Waals surface area contributed by atoms with Gasteiger partial charge in [0.25, 0.3) is 5.56 Å². The third-order valence-electron chi connectivity index (χ3n) is 7.55. The van der Waals surface area contributed by atoms with Gasteiger partial charge in [0.1, 0.15) is 6.04 Å². The van der Waals surface area contributed by atoms with Crippen molar-refractivity contribution in [3.8, 4) is 0 Å². The second kappa shape index (κ2) is 10.5. The predicted octanol–water partition coefficient (Wildman–Crippen LogP) is 2.91. The van der Waals surface area contributed by atoms with Crippen molar-refractivity contribution in [2.45, 2.75) is 45.0 Å². The number of nitrogens with zero attached hydrogens (tertiary/aromatic N) is 6. The second-order valence-corrected chi connectivity index (χ2v) is 10.2. The average Bonchev–Trinajstić information content (AvgIpc) is 3.59. The number of pyridine rings is 1. The molecular formula is C28H33N7O2. The largest absolute Gasteiger partial charge is 0.376 e. The first kappa shape index (κ1) is 24.0. The van der Waals surface area contributed by atoms with Gasteiger partial charge in [0.2, 0.25) is 0 Å². The van der Waals surface area contributed by atoms with E-state index in [2.05, 4.69) is 72.8 Å². The zero-order valence-corrected chi connectivity index (χ0v) is 21.2. The Balaban J connectivity index is 1.32. The number of ether oxygens (including phenoxy) is 1. The molecule has 0 spiro atoms. The minimum absolute atomic E-state index is 0.0959. The highest BCUT2D eigenvalue weighted by Crippen LogP contribution is 2.29. The first-order chi connectivity index (χ1) is 18.1. The van der Waals surface area contributed by atoms with Crippen molar-refractivity contribution in [2.75, 3.05) is 32.8 Å². The Morgan fingerprint density at radius 3 is 2.70 bits per heavy atom. The molecule has 2 aliphatic heterocycles. The van der Waals surface area contributed by atoms with Crippen LogP contribution in [0.3, 0.4) is 0 Å². The lowest BCUT2D eigenvalue weighted by molar-refractivity contribution is 0.0840. The molecule has 2 fully saturated rings. The molecule has 37 heavy (non-hydrogen) atoms. The number of benzene rings is 2. The van der Waals surface area contributed by atoms with Crippen molar-refractivity contribution in [3.05, 3.63) is 87.5 Å². The van der Waals surface area contributed by atoms with Crippen LogP contribution in [-0.4, -0.2) is 73.9 Å². The van der Waals surface area contributed by atoms with Crippen LogP contribution in [0, 0.1) is 6.92 Å². The SMILES string of the molecule is Cc1ccc2cc(C(c3nnnn3CC3CCCO3)N3CCN(Cc4ccccc4)CC3)c(=O)[nH]c2c1. The van der Waals surface area contributed by atoms with Gasteiger partial charge < -0.3 is 9.72 Å². The number of H-pyrrole nitrogens is 1. The molecule has 4 heterocycles. The summed E-state index contributed by atoms with van der Waals surface area (Å²) in [4.78, 5) is 21.4. The molecule has 2 saturated heterocycles. The summed E-state index contributed by atoms with van der Waals surface area (Å²) in [6, 6.07) is 18.4. The molecule has 0 saturated carbocycles. The first-order valence-corrected chi connectivity index (χ1v) is 13.2. The van der Waals surface area contributed by atoms with E-state index in [9.17, 15) is 4.79 Å². The maximum absolute atomic E-state index is 13.5. The molecule has 0 amide bonds. The molecule has 6 rings (SSSR count). The molecule has 0 bridgehead atoms. The molecule has 9 heteroatoms. The summed E-state index contributed by atoms with van der Waals surface area (Å²) >= 11 is 0. The number of fused-ring (bicyclic) bond motifs is 1. The van der Waals surface area contributed by atoms with Gasteiger partial charge >= 0.3 is 0 Å². The normalized spacial score (nSPS) is 20.0. The van der Waals surface area contributed by atoms with Crippen LogP contribution in [0.4, 0.5) is 0 Å². The molecule has 2 unspecified atom stereocenters. The zero-order chi connectivity index (χ0) is 25.2. The van der Waals surface area contributed by atoms with Gasteiger partial charge in [0, 0.05) is 50.4 Å². The molecule has 192 valence electrons. The number of nitrogens with one attached hydrogen (secondary N) is 1. The standard InChI is InChI=1S/C28H33N7O2/c1-20-9-10-22-17-24(28(36)29-25(22)16-20)26(27-30-31-32-35(27)19-23-8-5-15-37-23)34-13-11-33(12-14-34)18-21-6-3-2-4-7-21/h2-4,6-7,9-10,16-17,23,26H,5,8,11-15,18-19H2,1H3,(H,29,36). The third-order valence-corrected chi connectivity index (χ3v) is 7.55. The minimum atomic E-state index is -0.343. The maximum atomic E-state index is 13.5. The van der Waals surface area contributed by atoms with E-state index < -0.39 is 0 Å². The van der Waals surface area contributed by atoms with Crippen LogP contribution in [0.25, 0.3) is 10.9 Å². The molecule has 2 atom stereocenters. The van der Waals surface area contributed by atoms with E-state index in [1.54, 1.807) is 0 Å². The van der Waals surface area contributed by atoms with E-state index in [-0.39, 0.29) is 17.7 Å². The van der Waals surface area contributed by atoms with E-state index in [4.69, 9.17) is 4.74 Å². The van der Waals surface area contributed by atoms with Crippen LogP contribution in [0.2, 0.25) is 0 Å². The Hall–Kier alpha value is -3.40. The zero-order valence-electron chi connectivity index (χ0n) is 21.2. The van der Waals surface area contributed by atoms with Crippen LogP contribution < -0.4 is 5.56 Å². The Morgan fingerprint density at radius 1 is 1.08 bits per heavy atom. The fourth-order valence-corrected chi connectivity index (χ4v) is 5.57. The first-order valence-electron chi connectivity index (χ1n) is 13.2. The van der Waals surface area contributed by atoms with Gasteiger partial charge in [-0.05, 0) is 58.8 Å². The number of piperazine rings is 1. The highest BCUT2D eigenvalue weighted by atomic mass is 16.5. The number of hydrogen-bond acceptors (Lipinski definition) is 7. The fraction of sp³-hybridized carbons (Fsp3) is 0.429. The van der Waals surface area contributed by atoms with Crippen LogP contribution >= 0.6 is 0 Å². The Morgan fingerprint density at radius 2 is 1.92 bits per heavy atom. The third kappa shape index (κ3) is 5.20. The lowest BCUT2D eigenvalue weighted by Gasteiger charge is -2.38. The van der Waals surface area contributed by atoms with Crippen molar-refractivity contribution in [3.63, 3.8) is 0 Å². The van der Waals surface area contributed by atoms with E-state index >= 15 is 0 Å². The van der Waals surface area contributed by atoms with Gasteiger partial charge in [0.05, 0.1) is 12.6 Å². The van der Waals surface area contributed by atoms with Crippen molar-refractivity contribution < 1.29 is 4.74 Å². The van der Waals surface area contributed by atoms with Gasteiger partial charge in [-0.3, -0.25) is 14.6 Å². The highest BCUT2D eigenvalue weighted by molar-refractivity contribution is 5.79. The number of aryl methyl sites for hydroxylation is 1. The average molecular weight is 500 g/mol. The molecule has 2 aromatic carbocycles. The molecule has 2 aliphatic rings. The Labute approximate surface area is 216 Å².